The van der Waals surface area contributed by atoms with Gasteiger partial charge in [0, 0.05) is 17.1 Å². The molecule has 2 fully saturated rings. The van der Waals surface area contributed by atoms with Crippen molar-refractivity contribution >= 4 is 18.6 Å². The summed E-state index contributed by atoms with van der Waals surface area (Å²) in [6, 6.07) is 5.78. The van der Waals surface area contributed by atoms with Crippen LogP contribution >= 0.6 is 7.14 Å². The summed E-state index contributed by atoms with van der Waals surface area (Å²) in [6.07, 6.45) is 6.92. The quantitative estimate of drug-likeness (QED) is 0.442. The first kappa shape index (κ1) is 21.7. The van der Waals surface area contributed by atoms with Crippen molar-refractivity contribution < 1.29 is 23.9 Å². The smallest absolute Gasteiger partial charge is 0.485 e. The Hall–Kier alpha value is -1.48. The van der Waals surface area contributed by atoms with Crippen LogP contribution in [0.15, 0.2) is 18.2 Å². The number of carbonyl (C=O) groups is 1. The van der Waals surface area contributed by atoms with Crippen LogP contribution in [-0.2, 0) is 14.9 Å². The molecule has 0 aromatic heterocycles. The Morgan fingerprint density at radius 2 is 1.93 bits per heavy atom. The van der Waals surface area contributed by atoms with Crippen molar-refractivity contribution in [1.29, 1.82) is 0 Å². The standard InChI is InChI=1S/C24H35O5P/c1-16(2)19-13-12-17(3)14-24(19,29-23(25)26)20-10-7-11-21-22(20)30(27,15-28-21)18-8-5-4-6-9-18/h7,10-11,16-19H,4-6,8-9,12-15H2,1-3H3,(H,25,26)/t17-,19+,24-,30-/m0/s1. The zero-order chi connectivity index (χ0) is 21.5. The molecule has 1 aromatic carbocycles. The van der Waals surface area contributed by atoms with Gasteiger partial charge in [-0.25, -0.2) is 4.79 Å². The third kappa shape index (κ3) is 3.57. The predicted octanol–water partition coefficient (Wildman–Crippen LogP) is 6.34. The second kappa shape index (κ2) is 8.22. The summed E-state index contributed by atoms with van der Waals surface area (Å²) in [4.78, 5) is 12.0. The molecule has 5 nitrogen and oxygen atoms in total. The molecule has 1 aliphatic heterocycles. The third-order valence-electron chi connectivity index (χ3n) is 7.71. The molecular formula is C24H35O5P. The Morgan fingerprint density at radius 1 is 1.20 bits per heavy atom. The van der Waals surface area contributed by atoms with Gasteiger partial charge in [-0.3, -0.25) is 0 Å². The molecule has 0 amide bonds. The molecule has 0 saturated heterocycles. The number of ether oxygens (including phenoxy) is 2. The van der Waals surface area contributed by atoms with Gasteiger partial charge in [0.25, 0.3) is 0 Å². The highest BCUT2D eigenvalue weighted by Gasteiger charge is 2.54. The molecule has 1 heterocycles. The molecule has 2 aliphatic carbocycles. The van der Waals surface area contributed by atoms with Crippen LogP contribution < -0.4 is 10.0 Å². The van der Waals surface area contributed by atoms with Crippen molar-refractivity contribution in [3.63, 3.8) is 0 Å². The lowest BCUT2D eigenvalue weighted by atomic mass is 9.64. The van der Waals surface area contributed by atoms with Crippen molar-refractivity contribution in [3.05, 3.63) is 23.8 Å². The van der Waals surface area contributed by atoms with Gasteiger partial charge in [-0.15, -0.1) is 0 Å². The molecule has 0 spiro atoms. The molecule has 6 heteroatoms. The molecule has 1 N–H and O–H groups in total. The minimum absolute atomic E-state index is 0.0525. The zero-order valence-corrected chi connectivity index (χ0v) is 19.3. The number of hydrogen-bond acceptors (Lipinski definition) is 4. The van der Waals surface area contributed by atoms with E-state index in [9.17, 15) is 14.5 Å². The van der Waals surface area contributed by atoms with Crippen molar-refractivity contribution in [2.45, 2.75) is 83.4 Å². The molecule has 166 valence electrons. The molecular weight excluding hydrogens is 399 g/mol. The van der Waals surface area contributed by atoms with Crippen LogP contribution in [0.1, 0.15) is 77.7 Å². The normalized spacial score (nSPS) is 34.4. The minimum atomic E-state index is -2.80. The van der Waals surface area contributed by atoms with Crippen LogP contribution in [0, 0.1) is 17.8 Å². The fourth-order valence-corrected chi connectivity index (χ4v) is 9.78. The second-order valence-electron chi connectivity index (χ2n) is 10.0. The Bertz CT molecular complexity index is 844. The summed E-state index contributed by atoms with van der Waals surface area (Å²) >= 11 is 0. The third-order valence-corrected chi connectivity index (χ3v) is 11.1. The second-order valence-corrected chi connectivity index (χ2v) is 13.0. The maximum Gasteiger partial charge on any atom is 0.506 e. The van der Waals surface area contributed by atoms with Gasteiger partial charge in [0.15, 0.2) is 7.14 Å². The first-order valence-electron chi connectivity index (χ1n) is 11.6. The number of rotatable bonds is 4. The van der Waals surface area contributed by atoms with Gasteiger partial charge in [-0.1, -0.05) is 58.6 Å². The number of fused-ring (bicyclic) bond motifs is 1. The van der Waals surface area contributed by atoms with Crippen LogP contribution in [0.4, 0.5) is 4.79 Å². The van der Waals surface area contributed by atoms with E-state index in [0.717, 1.165) is 49.4 Å². The number of hydrogen-bond donors (Lipinski definition) is 1. The van der Waals surface area contributed by atoms with Gasteiger partial charge >= 0.3 is 6.16 Å². The zero-order valence-electron chi connectivity index (χ0n) is 18.4. The monoisotopic (exact) mass is 434 g/mol. The number of carboxylic acid groups (broad SMARTS) is 1. The Kier molecular flexibility index (Phi) is 5.96. The fourth-order valence-electron chi connectivity index (χ4n) is 6.36. The lowest BCUT2D eigenvalue weighted by Gasteiger charge is -2.48. The summed E-state index contributed by atoms with van der Waals surface area (Å²) in [7, 11) is -2.80. The molecule has 1 aromatic rings. The first-order valence-corrected chi connectivity index (χ1v) is 13.5. The van der Waals surface area contributed by atoms with E-state index in [-0.39, 0.29) is 23.8 Å². The van der Waals surface area contributed by atoms with E-state index in [1.54, 1.807) is 0 Å². The Morgan fingerprint density at radius 3 is 2.60 bits per heavy atom. The minimum Gasteiger partial charge on any atom is -0.485 e. The molecule has 0 bridgehead atoms. The summed E-state index contributed by atoms with van der Waals surface area (Å²) in [5, 5.41) is 10.6. The Labute approximate surface area is 179 Å². The molecule has 0 radical (unpaired) electrons. The van der Waals surface area contributed by atoms with Gasteiger partial charge < -0.3 is 19.1 Å². The average molecular weight is 435 g/mol. The van der Waals surface area contributed by atoms with E-state index in [4.69, 9.17) is 9.47 Å². The SMILES string of the molecule is CC(C)[C@H]1CC[C@H](C)C[C@@]1(OC(=O)O)c1cccc2c1[P@@](=O)(C1CCCCC1)CO2. The summed E-state index contributed by atoms with van der Waals surface area (Å²) in [6.45, 7) is 6.44. The highest BCUT2D eigenvalue weighted by molar-refractivity contribution is 7.72. The highest BCUT2D eigenvalue weighted by Crippen LogP contribution is 2.62. The van der Waals surface area contributed by atoms with Crippen molar-refractivity contribution in [3.8, 4) is 5.75 Å². The molecule has 4 rings (SSSR count). The van der Waals surface area contributed by atoms with E-state index in [1.807, 2.05) is 18.2 Å². The van der Waals surface area contributed by atoms with Crippen LogP contribution in [0.2, 0.25) is 0 Å². The molecule has 30 heavy (non-hydrogen) atoms. The van der Waals surface area contributed by atoms with Gasteiger partial charge in [0.2, 0.25) is 0 Å². The lowest BCUT2D eigenvalue weighted by molar-refractivity contribution is -0.108. The average Bonchev–Trinajstić information content (AvgIpc) is 3.06. The maximum absolute atomic E-state index is 14.5. The molecule has 2 saturated carbocycles. The molecule has 0 unspecified atom stereocenters. The van der Waals surface area contributed by atoms with Crippen molar-refractivity contribution in [1.82, 2.24) is 0 Å². The predicted molar refractivity (Wildman–Crippen MR) is 118 cm³/mol. The van der Waals surface area contributed by atoms with Gasteiger partial charge in [-0.05, 0) is 43.6 Å². The van der Waals surface area contributed by atoms with Crippen LogP contribution in [-0.4, -0.2) is 23.3 Å². The fraction of sp³-hybridized carbons (Fsp3) is 0.708. The van der Waals surface area contributed by atoms with E-state index in [0.29, 0.717) is 18.1 Å². The van der Waals surface area contributed by atoms with Crippen LogP contribution in [0.25, 0.3) is 0 Å². The van der Waals surface area contributed by atoms with Gasteiger partial charge in [0.1, 0.15) is 17.7 Å². The Balaban J connectivity index is 1.90. The van der Waals surface area contributed by atoms with E-state index < -0.39 is 18.9 Å². The summed E-state index contributed by atoms with van der Waals surface area (Å²) in [5.41, 5.74) is -0.0193. The van der Waals surface area contributed by atoms with Gasteiger partial charge in [0.05, 0.1) is 5.30 Å². The van der Waals surface area contributed by atoms with Crippen molar-refractivity contribution in [2.75, 3.05) is 6.35 Å². The summed E-state index contributed by atoms with van der Waals surface area (Å²) in [5.74, 6) is 1.32. The highest BCUT2D eigenvalue weighted by atomic mass is 31.2. The topological polar surface area (TPSA) is 72.8 Å². The van der Waals surface area contributed by atoms with Crippen LogP contribution in [0.5, 0.6) is 5.75 Å². The van der Waals surface area contributed by atoms with E-state index >= 15 is 0 Å². The largest absolute Gasteiger partial charge is 0.506 e. The molecule has 4 atom stereocenters. The van der Waals surface area contributed by atoms with Gasteiger partial charge in [-0.2, -0.15) is 0 Å². The van der Waals surface area contributed by atoms with Crippen molar-refractivity contribution in [2.24, 2.45) is 17.8 Å². The van der Waals surface area contributed by atoms with E-state index in [2.05, 4.69) is 20.8 Å². The summed E-state index contributed by atoms with van der Waals surface area (Å²) < 4.78 is 26.4. The first-order chi connectivity index (χ1) is 14.3. The lowest BCUT2D eigenvalue weighted by Crippen LogP contribution is -2.48. The van der Waals surface area contributed by atoms with E-state index in [1.165, 1.54) is 6.42 Å². The molecule has 3 aliphatic rings. The maximum atomic E-state index is 14.5. The van der Waals surface area contributed by atoms with Crippen LogP contribution in [0.3, 0.4) is 0 Å². The number of benzene rings is 1.